The maximum Gasteiger partial charge on any atom is 0.310 e. The maximum absolute atomic E-state index is 13.3. The zero-order valence-corrected chi connectivity index (χ0v) is 13.8. The van der Waals surface area contributed by atoms with Gasteiger partial charge in [0.2, 0.25) is 5.91 Å². The molecular formula is C19H19NO5. The SMILES string of the molecule is C=CCC1N(c2ccccc2OC)C(=O)C2C(C(=O)O)[C@H]3C=C[C@]21O3. The third-order valence-electron chi connectivity index (χ3n) is 5.44. The zero-order valence-electron chi connectivity index (χ0n) is 13.8. The van der Waals surface area contributed by atoms with E-state index in [1.165, 1.54) is 0 Å². The van der Waals surface area contributed by atoms with Crippen molar-refractivity contribution < 1.29 is 24.2 Å². The lowest BCUT2D eigenvalue weighted by Gasteiger charge is -2.33. The van der Waals surface area contributed by atoms with Gasteiger partial charge in [-0.3, -0.25) is 9.59 Å². The van der Waals surface area contributed by atoms with E-state index in [9.17, 15) is 14.7 Å². The minimum atomic E-state index is -1.01. The lowest BCUT2D eigenvalue weighted by atomic mass is 9.74. The predicted molar refractivity (Wildman–Crippen MR) is 90.4 cm³/mol. The third-order valence-corrected chi connectivity index (χ3v) is 5.44. The molecule has 1 N–H and O–H groups in total. The molecule has 1 aromatic rings. The minimum absolute atomic E-state index is 0.240. The molecule has 3 aliphatic rings. The predicted octanol–water partition coefficient (Wildman–Crippen LogP) is 2.01. The van der Waals surface area contributed by atoms with Crippen molar-refractivity contribution in [3.05, 3.63) is 49.1 Å². The molecule has 4 rings (SSSR count). The quantitative estimate of drug-likeness (QED) is 0.829. The number of hydrogen-bond donors (Lipinski definition) is 1. The second kappa shape index (κ2) is 5.46. The highest BCUT2D eigenvalue weighted by molar-refractivity contribution is 6.04. The van der Waals surface area contributed by atoms with Crippen LogP contribution in [0.2, 0.25) is 0 Å². The smallest absolute Gasteiger partial charge is 0.310 e. The van der Waals surface area contributed by atoms with Gasteiger partial charge >= 0.3 is 5.97 Å². The number of fused-ring (bicyclic) bond motifs is 1. The average Bonchev–Trinajstić information content (AvgIpc) is 3.24. The summed E-state index contributed by atoms with van der Waals surface area (Å²) in [6, 6.07) is 6.87. The van der Waals surface area contributed by atoms with Crippen LogP contribution >= 0.6 is 0 Å². The van der Waals surface area contributed by atoms with Crippen molar-refractivity contribution in [2.75, 3.05) is 12.0 Å². The number of amides is 1. The molecule has 1 amide bonds. The summed E-state index contributed by atoms with van der Waals surface area (Å²) in [6.45, 7) is 3.80. The molecule has 0 aromatic heterocycles. The van der Waals surface area contributed by atoms with Crippen molar-refractivity contribution in [1.82, 2.24) is 0 Å². The number of rotatable bonds is 5. The number of nitrogens with zero attached hydrogens (tertiary/aromatic N) is 1. The Morgan fingerprint density at radius 3 is 2.92 bits per heavy atom. The number of ether oxygens (including phenoxy) is 2. The van der Waals surface area contributed by atoms with E-state index in [1.54, 1.807) is 36.3 Å². The highest BCUT2D eigenvalue weighted by atomic mass is 16.5. The molecule has 0 radical (unpaired) electrons. The monoisotopic (exact) mass is 341 g/mol. The second-order valence-corrected chi connectivity index (χ2v) is 6.56. The third kappa shape index (κ3) is 1.94. The van der Waals surface area contributed by atoms with Gasteiger partial charge in [0.25, 0.3) is 0 Å². The summed E-state index contributed by atoms with van der Waals surface area (Å²) < 4.78 is 11.5. The fourth-order valence-electron chi connectivity index (χ4n) is 4.49. The molecule has 6 nitrogen and oxygen atoms in total. The molecule has 25 heavy (non-hydrogen) atoms. The van der Waals surface area contributed by atoms with Crippen molar-refractivity contribution in [2.24, 2.45) is 11.8 Å². The fraction of sp³-hybridized carbons (Fsp3) is 0.368. The van der Waals surface area contributed by atoms with E-state index in [0.717, 1.165) is 0 Å². The number of anilines is 1. The van der Waals surface area contributed by atoms with Crippen LogP contribution in [0.3, 0.4) is 0 Å². The lowest BCUT2D eigenvalue weighted by molar-refractivity contribution is -0.146. The van der Waals surface area contributed by atoms with Gasteiger partial charge in [-0.25, -0.2) is 0 Å². The minimum Gasteiger partial charge on any atom is -0.495 e. The molecule has 3 heterocycles. The topological polar surface area (TPSA) is 76.1 Å². The summed E-state index contributed by atoms with van der Waals surface area (Å²) in [5.41, 5.74) is -0.310. The number of carbonyl (C=O) groups excluding carboxylic acids is 1. The van der Waals surface area contributed by atoms with Crippen molar-refractivity contribution in [3.8, 4) is 5.75 Å². The highest BCUT2D eigenvalue weighted by Gasteiger charge is 2.71. The fourth-order valence-corrected chi connectivity index (χ4v) is 4.49. The van der Waals surface area contributed by atoms with Crippen LogP contribution in [0.4, 0.5) is 5.69 Å². The summed E-state index contributed by atoms with van der Waals surface area (Å²) >= 11 is 0. The number of methoxy groups -OCH3 is 1. The molecule has 130 valence electrons. The summed E-state index contributed by atoms with van der Waals surface area (Å²) in [4.78, 5) is 26.7. The van der Waals surface area contributed by atoms with Crippen molar-refractivity contribution >= 4 is 17.6 Å². The van der Waals surface area contributed by atoms with Crippen LogP contribution in [-0.4, -0.2) is 41.8 Å². The molecule has 0 aliphatic carbocycles. The van der Waals surface area contributed by atoms with Crippen molar-refractivity contribution in [3.63, 3.8) is 0 Å². The molecule has 2 saturated heterocycles. The van der Waals surface area contributed by atoms with Crippen LogP contribution in [0.1, 0.15) is 6.42 Å². The Balaban J connectivity index is 1.87. The van der Waals surface area contributed by atoms with Crippen LogP contribution in [0.5, 0.6) is 5.75 Å². The van der Waals surface area contributed by atoms with Crippen molar-refractivity contribution in [1.29, 1.82) is 0 Å². The number of benzene rings is 1. The van der Waals surface area contributed by atoms with E-state index in [-0.39, 0.29) is 11.9 Å². The number of para-hydroxylation sites is 2. The molecule has 3 unspecified atom stereocenters. The molecule has 6 heteroatoms. The molecule has 2 fully saturated rings. The summed E-state index contributed by atoms with van der Waals surface area (Å²) in [6.07, 6.45) is 5.30. The Hall–Kier alpha value is -2.60. The first-order valence-corrected chi connectivity index (χ1v) is 8.22. The Bertz CT molecular complexity index is 788. The molecule has 2 bridgehead atoms. The number of carboxylic acids is 1. The summed E-state index contributed by atoms with van der Waals surface area (Å²) in [7, 11) is 1.54. The van der Waals surface area contributed by atoms with Gasteiger partial charge < -0.3 is 19.5 Å². The van der Waals surface area contributed by atoms with Gasteiger partial charge in [-0.05, 0) is 18.6 Å². The van der Waals surface area contributed by atoms with Gasteiger partial charge in [0.1, 0.15) is 17.3 Å². The van der Waals surface area contributed by atoms with Crippen LogP contribution in [0, 0.1) is 11.8 Å². The van der Waals surface area contributed by atoms with Gasteiger partial charge in [-0.2, -0.15) is 0 Å². The Morgan fingerprint density at radius 2 is 2.24 bits per heavy atom. The number of carbonyl (C=O) groups is 2. The number of aliphatic carboxylic acids is 1. The second-order valence-electron chi connectivity index (χ2n) is 6.56. The molecule has 0 saturated carbocycles. The number of hydrogen-bond acceptors (Lipinski definition) is 4. The molecule has 5 atom stereocenters. The molecule has 1 spiro atoms. The first kappa shape index (κ1) is 15.9. The van der Waals surface area contributed by atoms with Crippen LogP contribution in [0.15, 0.2) is 49.1 Å². The van der Waals surface area contributed by atoms with Gasteiger partial charge in [0, 0.05) is 0 Å². The van der Waals surface area contributed by atoms with E-state index >= 15 is 0 Å². The Labute approximate surface area is 145 Å². The molecular weight excluding hydrogens is 322 g/mol. The van der Waals surface area contributed by atoms with Gasteiger partial charge in [0.15, 0.2) is 0 Å². The standard InChI is InChI=1S/C19H19NO5/c1-3-6-14-19-10-9-13(25-19)15(18(22)23)16(19)17(21)20(14)11-7-4-5-8-12(11)24-2/h3-5,7-10,13-16H,1,6H2,2H3,(H,22,23)/t13-,14?,15?,16?,19-/m1/s1. The van der Waals surface area contributed by atoms with Gasteiger partial charge in [0.05, 0.1) is 30.9 Å². The van der Waals surface area contributed by atoms with Crippen LogP contribution < -0.4 is 9.64 Å². The number of carboxylic acid groups (broad SMARTS) is 1. The lowest BCUT2D eigenvalue weighted by Crippen LogP contribution is -2.45. The van der Waals surface area contributed by atoms with Crippen molar-refractivity contribution in [2.45, 2.75) is 24.2 Å². The van der Waals surface area contributed by atoms with Crippen LogP contribution in [0.25, 0.3) is 0 Å². The first-order chi connectivity index (χ1) is 12.0. The van der Waals surface area contributed by atoms with E-state index in [4.69, 9.17) is 9.47 Å². The van der Waals surface area contributed by atoms with E-state index in [2.05, 4.69) is 6.58 Å². The normalized spacial score (nSPS) is 35.1. The first-order valence-electron chi connectivity index (χ1n) is 8.22. The Kier molecular flexibility index (Phi) is 3.47. The molecule has 1 aromatic carbocycles. The van der Waals surface area contributed by atoms with E-state index < -0.39 is 29.5 Å². The highest BCUT2D eigenvalue weighted by Crippen LogP contribution is 2.57. The summed E-state index contributed by atoms with van der Waals surface area (Å²) in [5.74, 6) is -2.30. The van der Waals surface area contributed by atoms with Crippen LogP contribution in [-0.2, 0) is 14.3 Å². The Morgan fingerprint density at radius 1 is 1.48 bits per heavy atom. The van der Waals surface area contributed by atoms with Gasteiger partial charge in [-0.1, -0.05) is 30.4 Å². The van der Waals surface area contributed by atoms with Gasteiger partial charge in [-0.15, -0.1) is 6.58 Å². The molecule has 3 aliphatic heterocycles. The van der Waals surface area contributed by atoms with E-state index in [1.807, 2.05) is 18.2 Å². The summed E-state index contributed by atoms with van der Waals surface area (Å²) in [5, 5.41) is 9.64. The zero-order chi connectivity index (χ0) is 17.8. The largest absolute Gasteiger partial charge is 0.495 e. The maximum atomic E-state index is 13.3. The average molecular weight is 341 g/mol. The van der Waals surface area contributed by atoms with E-state index in [0.29, 0.717) is 17.9 Å².